The van der Waals surface area contributed by atoms with Gasteiger partial charge in [-0.2, -0.15) is 0 Å². The van der Waals surface area contributed by atoms with Crippen LogP contribution >= 0.6 is 0 Å². The molecule has 0 aromatic heterocycles. The van der Waals surface area contributed by atoms with Crippen LogP contribution in [0.1, 0.15) is 39.5 Å². The lowest BCUT2D eigenvalue weighted by molar-refractivity contribution is -0.123. The summed E-state index contributed by atoms with van der Waals surface area (Å²) in [6.45, 7) is 5.82. The minimum Gasteiger partial charge on any atom is -0.394 e. The Morgan fingerprint density at radius 1 is 0.708 bits per heavy atom. The molecule has 0 saturated carbocycles. The summed E-state index contributed by atoms with van der Waals surface area (Å²) in [5.74, 6) is 0. The molecule has 2 atom stereocenters. The van der Waals surface area contributed by atoms with E-state index >= 15 is 0 Å². The lowest BCUT2D eigenvalue weighted by Crippen LogP contribution is -2.35. The van der Waals surface area contributed by atoms with Gasteiger partial charge in [-0.1, -0.05) is 26.7 Å². The molecule has 0 fully saturated rings. The first-order chi connectivity index (χ1) is 11.7. The van der Waals surface area contributed by atoms with Gasteiger partial charge < -0.3 is 34.3 Å². The Kier molecular flexibility index (Phi) is 17.3. The van der Waals surface area contributed by atoms with Crippen molar-refractivity contribution in [1.82, 2.24) is 0 Å². The second-order valence-electron chi connectivity index (χ2n) is 5.79. The summed E-state index contributed by atoms with van der Waals surface area (Å²) < 4.78 is 21.9. The van der Waals surface area contributed by atoms with Gasteiger partial charge in [0.15, 0.2) is 0 Å². The number of aliphatic hydroxyl groups excluding tert-OH is 3. The molecule has 7 nitrogen and oxygen atoms in total. The molecular weight excluding hydrogens is 316 g/mol. The van der Waals surface area contributed by atoms with Gasteiger partial charge in [-0.05, 0) is 12.8 Å². The smallest absolute Gasteiger partial charge is 0.105 e. The lowest BCUT2D eigenvalue weighted by atomic mass is 10.3. The predicted octanol–water partition coefficient (Wildman–Crippen LogP) is 0.736. The van der Waals surface area contributed by atoms with Gasteiger partial charge in [0.25, 0.3) is 0 Å². The summed E-state index contributed by atoms with van der Waals surface area (Å²) >= 11 is 0. The first kappa shape index (κ1) is 23.7. The van der Waals surface area contributed by atoms with Crippen molar-refractivity contribution in [2.75, 3.05) is 52.9 Å². The quantitative estimate of drug-likeness (QED) is 0.313. The number of hydrogen-bond acceptors (Lipinski definition) is 7. The fourth-order valence-electron chi connectivity index (χ4n) is 1.85. The van der Waals surface area contributed by atoms with E-state index in [-0.39, 0.29) is 33.0 Å². The van der Waals surface area contributed by atoms with E-state index in [4.69, 9.17) is 29.2 Å². The maximum Gasteiger partial charge on any atom is 0.105 e. The molecular formula is C17H36O7. The average molecular weight is 352 g/mol. The Labute approximate surface area is 145 Å². The van der Waals surface area contributed by atoms with E-state index in [1.54, 1.807) is 0 Å². The second kappa shape index (κ2) is 17.5. The van der Waals surface area contributed by atoms with Crippen molar-refractivity contribution in [3.63, 3.8) is 0 Å². The van der Waals surface area contributed by atoms with Gasteiger partial charge in [0, 0.05) is 13.2 Å². The van der Waals surface area contributed by atoms with Gasteiger partial charge in [-0.15, -0.1) is 0 Å². The Balaban J connectivity index is 4.00. The Hall–Kier alpha value is -0.280. The van der Waals surface area contributed by atoms with E-state index in [2.05, 4.69) is 13.8 Å². The van der Waals surface area contributed by atoms with Gasteiger partial charge >= 0.3 is 0 Å². The molecule has 0 aromatic carbocycles. The lowest BCUT2D eigenvalue weighted by Gasteiger charge is -2.23. The van der Waals surface area contributed by atoms with Crippen LogP contribution in [-0.4, -0.2) is 86.5 Å². The molecule has 24 heavy (non-hydrogen) atoms. The number of rotatable bonds is 18. The van der Waals surface area contributed by atoms with Crippen molar-refractivity contribution in [2.45, 2.75) is 57.8 Å². The molecule has 2 unspecified atom stereocenters. The van der Waals surface area contributed by atoms with Crippen LogP contribution in [-0.2, 0) is 18.9 Å². The van der Waals surface area contributed by atoms with Crippen molar-refractivity contribution in [3.05, 3.63) is 0 Å². The molecule has 0 aliphatic rings. The first-order valence-electron chi connectivity index (χ1n) is 8.96. The van der Waals surface area contributed by atoms with Crippen LogP contribution in [0.4, 0.5) is 0 Å². The molecule has 7 heteroatoms. The van der Waals surface area contributed by atoms with Crippen LogP contribution in [0.15, 0.2) is 0 Å². The summed E-state index contributed by atoms with van der Waals surface area (Å²) in [7, 11) is 0. The van der Waals surface area contributed by atoms with E-state index in [9.17, 15) is 5.11 Å². The van der Waals surface area contributed by atoms with Gasteiger partial charge in [-0.3, -0.25) is 0 Å². The topological polar surface area (TPSA) is 97.6 Å². The van der Waals surface area contributed by atoms with Crippen molar-refractivity contribution < 1.29 is 34.3 Å². The van der Waals surface area contributed by atoms with Gasteiger partial charge in [0.2, 0.25) is 0 Å². The van der Waals surface area contributed by atoms with E-state index in [1.807, 2.05) is 0 Å². The van der Waals surface area contributed by atoms with E-state index in [0.717, 1.165) is 25.7 Å². The fourth-order valence-corrected chi connectivity index (χ4v) is 1.85. The molecule has 0 rings (SSSR count). The number of aliphatic hydroxyl groups is 3. The monoisotopic (exact) mass is 352 g/mol. The second-order valence-corrected chi connectivity index (χ2v) is 5.79. The summed E-state index contributed by atoms with van der Waals surface area (Å²) in [5.41, 5.74) is 0. The average Bonchev–Trinajstić information content (AvgIpc) is 2.59. The Morgan fingerprint density at radius 3 is 1.75 bits per heavy atom. The molecule has 0 radical (unpaired) electrons. The maximum atomic E-state index is 9.78. The molecule has 0 spiro atoms. The van der Waals surface area contributed by atoms with E-state index in [0.29, 0.717) is 19.8 Å². The normalized spacial score (nSPS) is 14.2. The molecule has 3 N–H and O–H groups in total. The predicted molar refractivity (Wildman–Crippen MR) is 91.1 cm³/mol. The summed E-state index contributed by atoms with van der Waals surface area (Å²) in [6, 6.07) is 0. The van der Waals surface area contributed by atoms with Crippen LogP contribution in [0.5, 0.6) is 0 Å². The largest absolute Gasteiger partial charge is 0.394 e. The summed E-state index contributed by atoms with van der Waals surface area (Å²) in [6.07, 6.45) is 2.29. The van der Waals surface area contributed by atoms with Gasteiger partial charge in [0.1, 0.15) is 18.3 Å². The SMILES string of the molecule is CCCCOCC(O)COCC(COCCCC)OC(CO)CO. The Bertz CT molecular complexity index is 249. The first-order valence-corrected chi connectivity index (χ1v) is 8.96. The third kappa shape index (κ3) is 14.1. The minimum atomic E-state index is -0.685. The Morgan fingerprint density at radius 2 is 1.21 bits per heavy atom. The van der Waals surface area contributed by atoms with E-state index in [1.165, 1.54) is 0 Å². The highest BCUT2D eigenvalue weighted by Gasteiger charge is 2.17. The molecule has 0 heterocycles. The maximum absolute atomic E-state index is 9.78. The molecule has 0 saturated heterocycles. The fraction of sp³-hybridized carbons (Fsp3) is 1.00. The van der Waals surface area contributed by atoms with Crippen molar-refractivity contribution >= 4 is 0 Å². The third-order valence-electron chi connectivity index (χ3n) is 3.30. The highest BCUT2D eigenvalue weighted by Crippen LogP contribution is 2.03. The van der Waals surface area contributed by atoms with Crippen LogP contribution in [0, 0.1) is 0 Å². The number of ether oxygens (including phenoxy) is 4. The zero-order valence-corrected chi connectivity index (χ0v) is 15.2. The molecule has 0 amide bonds. The highest BCUT2D eigenvalue weighted by atomic mass is 16.6. The molecule has 0 aliphatic heterocycles. The van der Waals surface area contributed by atoms with Gasteiger partial charge in [-0.25, -0.2) is 0 Å². The van der Waals surface area contributed by atoms with Crippen molar-refractivity contribution in [2.24, 2.45) is 0 Å². The van der Waals surface area contributed by atoms with Crippen molar-refractivity contribution in [1.29, 1.82) is 0 Å². The zero-order valence-electron chi connectivity index (χ0n) is 15.2. The van der Waals surface area contributed by atoms with Gasteiger partial charge in [0.05, 0.1) is 39.6 Å². The number of hydrogen-bond donors (Lipinski definition) is 3. The van der Waals surface area contributed by atoms with E-state index < -0.39 is 18.3 Å². The van der Waals surface area contributed by atoms with Crippen molar-refractivity contribution in [3.8, 4) is 0 Å². The third-order valence-corrected chi connectivity index (χ3v) is 3.30. The van der Waals surface area contributed by atoms with Crippen LogP contribution < -0.4 is 0 Å². The standard InChI is InChI=1S/C17H36O7/c1-3-5-7-21-11-15(20)12-23-14-17(13-22-8-6-4-2)24-16(9-18)10-19/h15-20H,3-14H2,1-2H3. The van der Waals surface area contributed by atoms with Crippen LogP contribution in [0.25, 0.3) is 0 Å². The molecule has 0 bridgehead atoms. The summed E-state index contributed by atoms with van der Waals surface area (Å²) in [5, 5.41) is 28.0. The molecule has 0 aromatic rings. The number of unbranched alkanes of at least 4 members (excludes halogenated alkanes) is 2. The zero-order chi connectivity index (χ0) is 18.0. The van der Waals surface area contributed by atoms with Crippen LogP contribution in [0.2, 0.25) is 0 Å². The highest BCUT2D eigenvalue weighted by molar-refractivity contribution is 4.63. The molecule has 0 aliphatic carbocycles. The minimum absolute atomic E-state index is 0.143. The molecule has 146 valence electrons. The van der Waals surface area contributed by atoms with Crippen LogP contribution in [0.3, 0.4) is 0 Å². The summed E-state index contributed by atoms with van der Waals surface area (Å²) in [4.78, 5) is 0.